The first-order valence-corrected chi connectivity index (χ1v) is 9.32. The van der Waals surface area contributed by atoms with Crippen molar-refractivity contribution in [3.8, 4) is 11.8 Å². The molecule has 0 spiro atoms. The molecule has 9 nitrogen and oxygen atoms in total. The van der Waals surface area contributed by atoms with Crippen LogP contribution in [-0.2, 0) is 4.79 Å². The van der Waals surface area contributed by atoms with E-state index in [4.69, 9.17) is 4.74 Å². The van der Waals surface area contributed by atoms with E-state index in [0.29, 0.717) is 47.5 Å². The maximum atomic E-state index is 12.2. The Balaban J connectivity index is 1.44. The van der Waals surface area contributed by atoms with Gasteiger partial charge in [-0.15, -0.1) is 0 Å². The number of benzene rings is 2. The highest BCUT2D eigenvalue weighted by Gasteiger charge is 2.24. The number of nitriles is 1. The number of anilines is 2. The summed E-state index contributed by atoms with van der Waals surface area (Å²) < 4.78 is 5.44. The number of amides is 1. The minimum atomic E-state index is -0.502. The predicted octanol–water partition coefficient (Wildman–Crippen LogP) is 3.24. The van der Waals surface area contributed by atoms with E-state index in [1.165, 1.54) is 18.2 Å². The highest BCUT2D eigenvalue weighted by atomic mass is 16.6. The summed E-state index contributed by atoms with van der Waals surface area (Å²) in [6.07, 6.45) is 0.655. The molecule has 1 aliphatic rings. The molecule has 2 aromatic carbocycles. The number of hydrogen-bond acceptors (Lipinski definition) is 7. The first-order chi connectivity index (χ1) is 14.6. The van der Waals surface area contributed by atoms with Crippen molar-refractivity contribution in [1.29, 1.82) is 5.26 Å². The minimum absolute atomic E-state index is 0.0222. The van der Waals surface area contributed by atoms with Gasteiger partial charge in [0, 0.05) is 30.6 Å². The van der Waals surface area contributed by atoms with Crippen molar-refractivity contribution in [3.63, 3.8) is 0 Å². The molecule has 0 bridgehead atoms. The Morgan fingerprint density at radius 3 is 2.90 bits per heavy atom. The summed E-state index contributed by atoms with van der Waals surface area (Å²) in [5, 5.41) is 24.0. The van der Waals surface area contributed by atoms with Crippen LogP contribution in [0.5, 0.6) is 5.75 Å². The highest BCUT2D eigenvalue weighted by molar-refractivity contribution is 5.97. The van der Waals surface area contributed by atoms with Gasteiger partial charge in [0.1, 0.15) is 11.6 Å². The number of rotatable bonds is 6. The number of nitro benzene ring substituents is 1. The molecule has 0 fully saturated rings. The molecule has 0 saturated heterocycles. The van der Waals surface area contributed by atoms with Gasteiger partial charge in [0.2, 0.25) is 0 Å². The molecular weight excluding hydrogens is 386 g/mol. The van der Waals surface area contributed by atoms with Crippen molar-refractivity contribution in [1.82, 2.24) is 4.98 Å². The number of carbonyl (C=O) groups excluding carboxylic acids is 1. The molecule has 4 rings (SSSR count). The van der Waals surface area contributed by atoms with E-state index in [2.05, 4.69) is 16.4 Å². The molecule has 0 saturated carbocycles. The largest absolute Gasteiger partial charge is 0.482 e. The normalized spacial score (nSPS) is 12.8. The van der Waals surface area contributed by atoms with Crippen LogP contribution < -0.4 is 15.0 Å². The maximum Gasteiger partial charge on any atom is 0.270 e. The standard InChI is InChI=1S/C21H17N5O4/c22-12-14-10-20(24-17-7-6-15(26(28)29)11-16(14)17)23-8-3-9-25-18-4-1-2-5-19(18)30-13-21(25)27/h1-2,4-7,10-11H,3,8-9,13H2,(H,23,24). The Labute approximate surface area is 171 Å². The third kappa shape index (κ3) is 3.71. The summed E-state index contributed by atoms with van der Waals surface area (Å²) in [6, 6.07) is 15.3. The number of aromatic nitrogens is 1. The molecule has 0 atom stereocenters. The second-order valence-corrected chi connectivity index (χ2v) is 6.71. The van der Waals surface area contributed by atoms with E-state index in [9.17, 15) is 20.2 Å². The molecule has 0 unspecified atom stereocenters. The van der Waals surface area contributed by atoms with Gasteiger partial charge in [0.25, 0.3) is 11.6 Å². The molecule has 1 N–H and O–H groups in total. The first-order valence-electron chi connectivity index (χ1n) is 9.32. The van der Waals surface area contributed by atoms with E-state index in [-0.39, 0.29) is 18.2 Å². The van der Waals surface area contributed by atoms with Gasteiger partial charge in [-0.3, -0.25) is 14.9 Å². The average molecular weight is 403 g/mol. The van der Waals surface area contributed by atoms with E-state index in [1.807, 2.05) is 24.3 Å². The molecule has 0 radical (unpaired) electrons. The second kappa shape index (κ2) is 8.05. The Hall–Kier alpha value is -4.19. The average Bonchev–Trinajstić information content (AvgIpc) is 2.76. The van der Waals surface area contributed by atoms with Gasteiger partial charge in [-0.05, 0) is 30.7 Å². The number of nitro groups is 1. The van der Waals surface area contributed by atoms with E-state index < -0.39 is 4.92 Å². The van der Waals surface area contributed by atoms with Crippen molar-refractivity contribution in [2.45, 2.75) is 6.42 Å². The maximum absolute atomic E-state index is 12.2. The zero-order chi connectivity index (χ0) is 21.1. The number of para-hydroxylation sites is 2. The molecule has 1 aliphatic heterocycles. The molecule has 0 aliphatic carbocycles. The molecule has 2 heterocycles. The smallest absolute Gasteiger partial charge is 0.270 e. The fourth-order valence-electron chi connectivity index (χ4n) is 3.36. The highest BCUT2D eigenvalue weighted by Crippen LogP contribution is 2.31. The van der Waals surface area contributed by atoms with Crippen LogP contribution in [0.15, 0.2) is 48.5 Å². The molecule has 9 heteroatoms. The molecule has 150 valence electrons. The number of hydrogen-bond donors (Lipinski definition) is 1. The van der Waals surface area contributed by atoms with Crippen LogP contribution in [0, 0.1) is 21.4 Å². The van der Waals surface area contributed by atoms with Gasteiger partial charge < -0.3 is 15.0 Å². The van der Waals surface area contributed by atoms with Crippen LogP contribution in [0.1, 0.15) is 12.0 Å². The number of fused-ring (bicyclic) bond motifs is 2. The van der Waals surface area contributed by atoms with Crippen LogP contribution in [0.3, 0.4) is 0 Å². The summed E-state index contributed by atoms with van der Waals surface area (Å²) in [5.41, 5.74) is 1.48. The molecule has 1 aromatic heterocycles. The van der Waals surface area contributed by atoms with Gasteiger partial charge in [0.05, 0.1) is 27.8 Å². The van der Waals surface area contributed by atoms with E-state index >= 15 is 0 Å². The Bertz CT molecular complexity index is 1190. The molecule has 3 aromatic rings. The number of ether oxygens (including phenoxy) is 1. The van der Waals surface area contributed by atoms with Crippen LogP contribution >= 0.6 is 0 Å². The number of non-ortho nitro benzene ring substituents is 1. The molecule has 30 heavy (non-hydrogen) atoms. The molecule has 1 amide bonds. The van der Waals surface area contributed by atoms with E-state index in [1.54, 1.807) is 11.0 Å². The number of nitrogens with one attached hydrogen (secondary N) is 1. The SMILES string of the molecule is N#Cc1cc(NCCCN2C(=O)COc3ccccc32)nc2ccc([N+](=O)[O-])cc12. The lowest BCUT2D eigenvalue weighted by molar-refractivity contribution is -0.384. The topological polar surface area (TPSA) is 121 Å². The summed E-state index contributed by atoms with van der Waals surface area (Å²) in [5.74, 6) is 1.10. The summed E-state index contributed by atoms with van der Waals surface area (Å²) in [7, 11) is 0. The van der Waals surface area contributed by atoms with Gasteiger partial charge in [-0.25, -0.2) is 4.98 Å². The number of nitrogens with zero attached hydrogens (tertiary/aromatic N) is 4. The van der Waals surface area contributed by atoms with E-state index in [0.717, 1.165) is 5.69 Å². The van der Waals surface area contributed by atoms with Gasteiger partial charge in [0.15, 0.2) is 6.61 Å². The van der Waals surface area contributed by atoms with Gasteiger partial charge in [-0.2, -0.15) is 5.26 Å². The quantitative estimate of drug-likeness (QED) is 0.381. The summed E-state index contributed by atoms with van der Waals surface area (Å²) in [4.78, 5) is 28.8. The Kier molecular flexibility index (Phi) is 5.13. The van der Waals surface area contributed by atoms with Crippen molar-refractivity contribution in [2.24, 2.45) is 0 Å². The van der Waals surface area contributed by atoms with Crippen LogP contribution in [0.4, 0.5) is 17.2 Å². The minimum Gasteiger partial charge on any atom is -0.482 e. The lowest BCUT2D eigenvalue weighted by atomic mass is 10.1. The summed E-state index contributed by atoms with van der Waals surface area (Å²) in [6.45, 7) is 1.06. The van der Waals surface area contributed by atoms with Crippen molar-refractivity contribution in [2.75, 3.05) is 29.9 Å². The summed E-state index contributed by atoms with van der Waals surface area (Å²) >= 11 is 0. The van der Waals surface area contributed by atoms with Crippen LogP contribution in [0.2, 0.25) is 0 Å². The van der Waals surface area contributed by atoms with Crippen molar-refractivity contribution in [3.05, 3.63) is 64.2 Å². The van der Waals surface area contributed by atoms with Crippen molar-refractivity contribution < 1.29 is 14.5 Å². The van der Waals surface area contributed by atoms with Crippen LogP contribution in [-0.4, -0.2) is 35.5 Å². The van der Waals surface area contributed by atoms with Gasteiger partial charge >= 0.3 is 0 Å². The predicted molar refractivity (Wildman–Crippen MR) is 111 cm³/mol. The Morgan fingerprint density at radius 2 is 2.10 bits per heavy atom. The number of pyridine rings is 1. The third-order valence-corrected chi connectivity index (χ3v) is 4.80. The zero-order valence-corrected chi connectivity index (χ0v) is 15.9. The monoisotopic (exact) mass is 403 g/mol. The number of carbonyl (C=O) groups is 1. The second-order valence-electron chi connectivity index (χ2n) is 6.71. The Morgan fingerprint density at radius 1 is 1.27 bits per heavy atom. The zero-order valence-electron chi connectivity index (χ0n) is 15.9. The van der Waals surface area contributed by atoms with Gasteiger partial charge in [-0.1, -0.05) is 12.1 Å². The lowest BCUT2D eigenvalue weighted by Crippen LogP contribution is -2.39. The third-order valence-electron chi connectivity index (χ3n) is 4.80. The van der Waals surface area contributed by atoms with Crippen LogP contribution in [0.25, 0.3) is 10.9 Å². The first kappa shape index (κ1) is 19.1. The fourth-order valence-corrected chi connectivity index (χ4v) is 3.36. The lowest BCUT2D eigenvalue weighted by Gasteiger charge is -2.29. The fraction of sp³-hybridized carbons (Fsp3) is 0.190. The van der Waals surface area contributed by atoms with Crippen molar-refractivity contribution >= 4 is 34.0 Å². The molecular formula is C21H17N5O4.